The summed E-state index contributed by atoms with van der Waals surface area (Å²) in [7, 11) is 0. The molecule has 0 spiro atoms. The zero-order valence-corrected chi connectivity index (χ0v) is 14.2. The Morgan fingerprint density at radius 2 is 2.00 bits per heavy atom. The van der Waals surface area contributed by atoms with Gasteiger partial charge in [0.2, 0.25) is 5.28 Å². The molecule has 5 nitrogen and oxygen atoms in total. The molecule has 0 bridgehead atoms. The van der Waals surface area contributed by atoms with Crippen molar-refractivity contribution in [1.82, 2.24) is 15.0 Å². The third-order valence-corrected chi connectivity index (χ3v) is 5.76. The minimum Gasteiger partial charge on any atom is -0.378 e. The van der Waals surface area contributed by atoms with Crippen LogP contribution in [0.15, 0.2) is 35.5 Å². The second-order valence-electron chi connectivity index (χ2n) is 5.74. The maximum atomic E-state index is 6.20. The van der Waals surface area contributed by atoms with Gasteiger partial charge in [-0.2, -0.15) is 0 Å². The highest BCUT2D eigenvalue weighted by molar-refractivity contribution is 8.00. The summed E-state index contributed by atoms with van der Waals surface area (Å²) in [6.07, 6.45) is 4.00. The summed E-state index contributed by atoms with van der Waals surface area (Å²) in [5.74, 6) is 0.899. The first kappa shape index (κ1) is 15.2. The third kappa shape index (κ3) is 3.29. The van der Waals surface area contributed by atoms with Gasteiger partial charge in [0, 0.05) is 25.4 Å². The second-order valence-corrected chi connectivity index (χ2v) is 7.49. The van der Waals surface area contributed by atoms with Crippen LogP contribution in [0.25, 0.3) is 0 Å². The van der Waals surface area contributed by atoms with Crippen LogP contribution in [0.1, 0.15) is 18.5 Å². The van der Waals surface area contributed by atoms with E-state index in [0.717, 1.165) is 55.7 Å². The van der Waals surface area contributed by atoms with Gasteiger partial charge >= 0.3 is 0 Å². The fraction of sp³-hybridized carbons (Fsp3) is 0.438. The molecule has 2 fully saturated rings. The Hall–Kier alpha value is -1.37. The first-order valence-corrected chi connectivity index (χ1v) is 8.92. The van der Waals surface area contributed by atoms with E-state index >= 15 is 0 Å². The number of pyridine rings is 1. The van der Waals surface area contributed by atoms with Crippen LogP contribution in [0.4, 0.5) is 5.82 Å². The summed E-state index contributed by atoms with van der Waals surface area (Å²) in [5.41, 5.74) is 1.01. The van der Waals surface area contributed by atoms with Crippen LogP contribution < -0.4 is 4.90 Å². The molecule has 0 N–H and O–H groups in total. The molecule has 1 saturated heterocycles. The van der Waals surface area contributed by atoms with Crippen LogP contribution in [-0.2, 0) is 9.48 Å². The summed E-state index contributed by atoms with van der Waals surface area (Å²) in [5, 5.41) is 1.34. The minimum atomic E-state index is -0.0119. The number of anilines is 1. The number of ether oxygens (including phenoxy) is 1. The molecule has 0 amide bonds. The van der Waals surface area contributed by atoms with Gasteiger partial charge < -0.3 is 9.64 Å². The van der Waals surface area contributed by atoms with Gasteiger partial charge in [0.15, 0.2) is 0 Å². The number of hydrogen-bond donors (Lipinski definition) is 0. The molecule has 4 rings (SSSR count). The Morgan fingerprint density at radius 3 is 2.70 bits per heavy atom. The van der Waals surface area contributed by atoms with Gasteiger partial charge in [-0.3, -0.25) is 0 Å². The molecule has 1 aliphatic carbocycles. The lowest BCUT2D eigenvalue weighted by atomic mass is 10.2. The smallest absolute Gasteiger partial charge is 0.224 e. The van der Waals surface area contributed by atoms with Crippen molar-refractivity contribution >= 4 is 29.2 Å². The van der Waals surface area contributed by atoms with Gasteiger partial charge in [-0.1, -0.05) is 17.8 Å². The fourth-order valence-corrected chi connectivity index (χ4v) is 4.08. The van der Waals surface area contributed by atoms with Crippen LogP contribution >= 0.6 is 23.4 Å². The number of nitrogens with zero attached hydrogens (tertiary/aromatic N) is 4. The summed E-state index contributed by atoms with van der Waals surface area (Å²) >= 11 is 7.97. The van der Waals surface area contributed by atoms with Gasteiger partial charge in [0.1, 0.15) is 5.82 Å². The molecule has 1 saturated carbocycles. The van der Waals surface area contributed by atoms with Crippen molar-refractivity contribution in [3.05, 3.63) is 41.4 Å². The Bertz CT molecular complexity index is 690. The molecule has 0 atom stereocenters. The lowest BCUT2D eigenvalue weighted by Gasteiger charge is -2.28. The number of aromatic nitrogens is 3. The van der Waals surface area contributed by atoms with Gasteiger partial charge in [-0.15, -0.1) is 0 Å². The molecular weight excluding hydrogens is 332 g/mol. The average molecular weight is 349 g/mol. The summed E-state index contributed by atoms with van der Waals surface area (Å²) in [6.45, 7) is 3.13. The molecule has 120 valence electrons. The lowest BCUT2D eigenvalue weighted by molar-refractivity contribution is 0.122. The lowest BCUT2D eigenvalue weighted by Crippen LogP contribution is -2.37. The Labute approximate surface area is 144 Å². The summed E-state index contributed by atoms with van der Waals surface area (Å²) in [4.78, 5) is 15.5. The quantitative estimate of drug-likeness (QED) is 0.791. The largest absolute Gasteiger partial charge is 0.378 e. The predicted octanol–water partition coefficient (Wildman–Crippen LogP) is 3.14. The molecule has 2 aromatic heterocycles. The number of halogens is 1. The van der Waals surface area contributed by atoms with Gasteiger partial charge in [0.25, 0.3) is 0 Å². The number of thioether (sulfide) groups is 1. The van der Waals surface area contributed by atoms with Crippen LogP contribution in [-0.4, -0.2) is 41.3 Å². The van der Waals surface area contributed by atoms with Gasteiger partial charge in [-0.25, -0.2) is 15.0 Å². The molecule has 0 aromatic carbocycles. The molecule has 0 unspecified atom stereocenters. The summed E-state index contributed by atoms with van der Waals surface area (Å²) < 4.78 is 5.40. The predicted molar refractivity (Wildman–Crippen MR) is 91.1 cm³/mol. The Kier molecular flexibility index (Phi) is 4.13. The van der Waals surface area contributed by atoms with E-state index in [-0.39, 0.29) is 4.75 Å². The first-order valence-electron chi connectivity index (χ1n) is 7.73. The number of rotatable bonds is 4. The highest BCUT2D eigenvalue weighted by atomic mass is 35.5. The SMILES string of the molecule is Clc1nc(N2CCOCC2)cc(C2(Sc3ccccn3)CC2)n1. The number of morpholine rings is 1. The topological polar surface area (TPSA) is 51.1 Å². The molecule has 7 heteroatoms. The standard InChI is InChI=1S/C16H17ClN4OS/c17-15-19-12(11-13(20-15)21-7-9-22-10-8-21)16(4-5-16)23-14-3-1-2-6-18-14/h1-3,6,11H,4-5,7-10H2. The van der Waals surface area contributed by atoms with Crippen molar-refractivity contribution in [2.24, 2.45) is 0 Å². The van der Waals surface area contributed by atoms with E-state index in [2.05, 4.69) is 25.9 Å². The third-order valence-electron chi connectivity index (χ3n) is 4.13. The van der Waals surface area contributed by atoms with E-state index in [9.17, 15) is 0 Å². The second kappa shape index (κ2) is 6.26. The zero-order chi connectivity index (χ0) is 15.7. The maximum Gasteiger partial charge on any atom is 0.224 e. The van der Waals surface area contributed by atoms with Crippen LogP contribution in [0.2, 0.25) is 5.28 Å². The Morgan fingerprint density at radius 1 is 1.17 bits per heavy atom. The first-order chi connectivity index (χ1) is 11.3. The molecule has 0 radical (unpaired) electrons. The van der Waals surface area contributed by atoms with E-state index in [0.29, 0.717) is 5.28 Å². The van der Waals surface area contributed by atoms with Crippen LogP contribution in [0, 0.1) is 0 Å². The van der Waals surface area contributed by atoms with Gasteiger partial charge in [0.05, 0.1) is 28.7 Å². The van der Waals surface area contributed by atoms with Gasteiger partial charge in [-0.05, 0) is 36.6 Å². The van der Waals surface area contributed by atoms with E-state index in [1.807, 2.05) is 24.4 Å². The highest BCUT2D eigenvalue weighted by Crippen LogP contribution is 2.58. The van der Waals surface area contributed by atoms with Crippen molar-refractivity contribution in [2.75, 3.05) is 31.2 Å². The number of hydrogen-bond acceptors (Lipinski definition) is 6. The molecule has 1 aliphatic heterocycles. The van der Waals surface area contributed by atoms with Crippen LogP contribution in [0.3, 0.4) is 0 Å². The van der Waals surface area contributed by atoms with Crippen molar-refractivity contribution < 1.29 is 4.74 Å². The summed E-state index contributed by atoms with van der Waals surface area (Å²) in [6, 6.07) is 8.07. The highest BCUT2D eigenvalue weighted by Gasteiger charge is 2.47. The van der Waals surface area contributed by atoms with E-state index in [4.69, 9.17) is 16.3 Å². The molecule has 23 heavy (non-hydrogen) atoms. The zero-order valence-electron chi connectivity index (χ0n) is 12.6. The van der Waals surface area contributed by atoms with Crippen molar-refractivity contribution in [3.63, 3.8) is 0 Å². The van der Waals surface area contributed by atoms with E-state index in [1.165, 1.54) is 0 Å². The van der Waals surface area contributed by atoms with E-state index < -0.39 is 0 Å². The van der Waals surface area contributed by atoms with Crippen molar-refractivity contribution in [2.45, 2.75) is 22.6 Å². The molecule has 3 heterocycles. The van der Waals surface area contributed by atoms with E-state index in [1.54, 1.807) is 11.8 Å². The maximum absolute atomic E-state index is 6.20. The normalized spacial score (nSPS) is 19.6. The molecular formula is C16H17ClN4OS. The minimum absolute atomic E-state index is 0.0119. The van der Waals surface area contributed by atoms with Crippen LogP contribution in [0.5, 0.6) is 0 Å². The fourth-order valence-electron chi connectivity index (χ4n) is 2.73. The average Bonchev–Trinajstić information content (AvgIpc) is 3.37. The monoisotopic (exact) mass is 348 g/mol. The van der Waals surface area contributed by atoms with Crippen molar-refractivity contribution in [3.8, 4) is 0 Å². The molecule has 2 aliphatic rings. The van der Waals surface area contributed by atoms with Crippen molar-refractivity contribution in [1.29, 1.82) is 0 Å². The Balaban J connectivity index is 1.62. The molecule has 2 aromatic rings.